The van der Waals surface area contributed by atoms with Gasteiger partial charge >= 0.3 is 0 Å². The lowest BCUT2D eigenvalue weighted by molar-refractivity contribution is 0.247. The van der Waals surface area contributed by atoms with E-state index < -0.39 is 0 Å². The summed E-state index contributed by atoms with van der Waals surface area (Å²) in [6, 6.07) is 15.1. The Morgan fingerprint density at radius 1 is 1.19 bits per heavy atom. The average Bonchev–Trinajstić information content (AvgIpc) is 3.02. The minimum Gasteiger partial charge on any atom is -0.309 e. The number of aryl methyl sites for hydroxylation is 1. The summed E-state index contributed by atoms with van der Waals surface area (Å²) in [6.07, 6.45) is 1.55. The molecule has 2 aromatic carbocycles. The van der Waals surface area contributed by atoms with E-state index in [1.54, 1.807) is 17.9 Å². The number of H-pyrrole nitrogens is 1. The van der Waals surface area contributed by atoms with Crippen LogP contribution in [0.5, 0.6) is 0 Å². The Morgan fingerprint density at radius 3 is 2.77 bits per heavy atom. The molecule has 0 amide bonds. The smallest absolute Gasteiger partial charge is 0.262 e. The second-order valence-electron chi connectivity index (χ2n) is 6.72. The Bertz CT molecular complexity index is 1140. The Morgan fingerprint density at radius 2 is 1.96 bits per heavy atom. The van der Waals surface area contributed by atoms with Crippen molar-refractivity contribution >= 4 is 21.8 Å². The van der Waals surface area contributed by atoms with Gasteiger partial charge in [-0.05, 0) is 36.4 Å². The van der Waals surface area contributed by atoms with Crippen molar-refractivity contribution in [2.24, 2.45) is 7.05 Å². The van der Waals surface area contributed by atoms with Crippen LogP contribution in [0.3, 0.4) is 0 Å². The number of hydrogen-bond donors (Lipinski definition) is 1. The minimum absolute atomic E-state index is 0.148. The standard InChI is InChI=1S/C20H21N5O/c1-13(15-9-8-14-6-4-5-7-16(14)10-15)24(2)12-18-22-19-17(20(26)23-18)11-21-25(19)3/h4-11,13H,12H2,1-3H3,(H,22,23,26)/t13-/m0/s1. The van der Waals surface area contributed by atoms with Gasteiger partial charge in [-0.25, -0.2) is 4.98 Å². The molecule has 0 bridgehead atoms. The van der Waals surface area contributed by atoms with E-state index in [0.29, 0.717) is 23.4 Å². The molecule has 0 spiro atoms. The summed E-state index contributed by atoms with van der Waals surface area (Å²) in [4.78, 5) is 21.8. The minimum atomic E-state index is -0.148. The van der Waals surface area contributed by atoms with Crippen molar-refractivity contribution in [1.29, 1.82) is 0 Å². The zero-order valence-corrected chi connectivity index (χ0v) is 15.1. The second kappa shape index (κ2) is 6.38. The second-order valence-corrected chi connectivity index (χ2v) is 6.72. The molecular formula is C20H21N5O. The Kier molecular flexibility index (Phi) is 4.05. The Hall–Kier alpha value is -2.99. The monoisotopic (exact) mass is 347 g/mol. The number of aromatic amines is 1. The quantitative estimate of drug-likeness (QED) is 0.616. The van der Waals surface area contributed by atoms with Gasteiger partial charge in [0.25, 0.3) is 5.56 Å². The van der Waals surface area contributed by atoms with Gasteiger partial charge < -0.3 is 4.98 Å². The van der Waals surface area contributed by atoms with Gasteiger partial charge in [0.1, 0.15) is 11.2 Å². The first-order valence-corrected chi connectivity index (χ1v) is 8.63. The summed E-state index contributed by atoms with van der Waals surface area (Å²) in [5.41, 5.74) is 1.69. The largest absolute Gasteiger partial charge is 0.309 e. The lowest BCUT2D eigenvalue weighted by atomic mass is 10.0. The number of nitrogens with zero attached hydrogens (tertiary/aromatic N) is 4. The molecule has 0 radical (unpaired) electrons. The highest BCUT2D eigenvalue weighted by atomic mass is 16.1. The molecule has 4 rings (SSSR count). The summed E-state index contributed by atoms with van der Waals surface area (Å²) >= 11 is 0. The first-order valence-electron chi connectivity index (χ1n) is 8.63. The molecule has 0 saturated carbocycles. The van der Waals surface area contributed by atoms with Crippen LogP contribution in [0, 0.1) is 0 Å². The molecule has 0 saturated heterocycles. The van der Waals surface area contributed by atoms with E-state index in [1.807, 2.05) is 13.1 Å². The lowest BCUT2D eigenvalue weighted by Gasteiger charge is -2.24. The molecule has 4 aromatic rings. The number of nitrogens with one attached hydrogen (secondary N) is 1. The Balaban J connectivity index is 1.61. The van der Waals surface area contributed by atoms with Crippen molar-refractivity contribution in [3.05, 3.63) is 70.4 Å². The molecule has 6 nitrogen and oxygen atoms in total. The van der Waals surface area contributed by atoms with Crippen LogP contribution >= 0.6 is 0 Å². The highest BCUT2D eigenvalue weighted by molar-refractivity contribution is 5.83. The summed E-state index contributed by atoms with van der Waals surface area (Å²) in [7, 11) is 3.83. The van der Waals surface area contributed by atoms with Gasteiger partial charge in [-0.2, -0.15) is 5.10 Å². The summed E-state index contributed by atoms with van der Waals surface area (Å²) in [6.45, 7) is 2.70. The van der Waals surface area contributed by atoms with E-state index in [-0.39, 0.29) is 11.6 Å². The van der Waals surface area contributed by atoms with Crippen LogP contribution in [0.4, 0.5) is 0 Å². The predicted octanol–water partition coefficient (Wildman–Crippen LogP) is 3.00. The lowest BCUT2D eigenvalue weighted by Crippen LogP contribution is -2.25. The number of aromatic nitrogens is 4. The van der Waals surface area contributed by atoms with Gasteiger partial charge in [-0.1, -0.05) is 36.4 Å². The number of benzene rings is 2. The van der Waals surface area contributed by atoms with Crippen LogP contribution in [0.25, 0.3) is 21.8 Å². The number of hydrogen-bond acceptors (Lipinski definition) is 4. The topological polar surface area (TPSA) is 66.8 Å². The van der Waals surface area contributed by atoms with Crippen molar-refractivity contribution in [1.82, 2.24) is 24.6 Å². The molecular weight excluding hydrogens is 326 g/mol. The van der Waals surface area contributed by atoms with Crippen LogP contribution < -0.4 is 5.56 Å². The Labute approximate surface area is 151 Å². The first kappa shape index (κ1) is 16.5. The van der Waals surface area contributed by atoms with Crippen LogP contribution in [0.15, 0.2) is 53.5 Å². The molecule has 0 aliphatic heterocycles. The fraction of sp³-hybridized carbons (Fsp3) is 0.250. The fourth-order valence-electron chi connectivity index (χ4n) is 3.25. The highest BCUT2D eigenvalue weighted by Gasteiger charge is 2.15. The van der Waals surface area contributed by atoms with Crippen LogP contribution in [-0.2, 0) is 13.6 Å². The van der Waals surface area contributed by atoms with E-state index in [4.69, 9.17) is 0 Å². The SMILES string of the molecule is C[C@@H](c1ccc2ccccc2c1)N(C)Cc1nc2c(cnn2C)c(=O)[nH]1. The van der Waals surface area contributed by atoms with Crippen LogP contribution in [-0.4, -0.2) is 31.7 Å². The van der Waals surface area contributed by atoms with Gasteiger partial charge in [-0.3, -0.25) is 14.4 Å². The third-order valence-electron chi connectivity index (χ3n) is 4.97. The van der Waals surface area contributed by atoms with Crippen molar-refractivity contribution in [2.75, 3.05) is 7.05 Å². The van der Waals surface area contributed by atoms with Gasteiger partial charge in [0, 0.05) is 13.1 Å². The number of rotatable bonds is 4. The summed E-state index contributed by atoms with van der Waals surface area (Å²) in [5, 5.41) is 7.09. The molecule has 0 fully saturated rings. The number of fused-ring (bicyclic) bond motifs is 2. The van der Waals surface area contributed by atoms with Gasteiger partial charge in [0.2, 0.25) is 0 Å². The van der Waals surface area contributed by atoms with E-state index >= 15 is 0 Å². The van der Waals surface area contributed by atoms with Crippen molar-refractivity contribution < 1.29 is 0 Å². The van der Waals surface area contributed by atoms with E-state index in [1.165, 1.54) is 16.3 Å². The molecule has 132 valence electrons. The fourth-order valence-corrected chi connectivity index (χ4v) is 3.25. The van der Waals surface area contributed by atoms with Gasteiger partial charge in [0.05, 0.1) is 12.7 Å². The van der Waals surface area contributed by atoms with Gasteiger partial charge in [-0.15, -0.1) is 0 Å². The molecule has 0 unspecified atom stereocenters. The van der Waals surface area contributed by atoms with Crippen molar-refractivity contribution in [2.45, 2.75) is 19.5 Å². The summed E-state index contributed by atoms with van der Waals surface area (Å²) in [5.74, 6) is 0.640. The third kappa shape index (κ3) is 2.88. The molecule has 6 heteroatoms. The molecule has 1 N–H and O–H groups in total. The molecule has 0 aliphatic rings. The van der Waals surface area contributed by atoms with E-state index in [2.05, 4.69) is 63.3 Å². The zero-order valence-electron chi connectivity index (χ0n) is 15.1. The summed E-state index contributed by atoms with van der Waals surface area (Å²) < 4.78 is 1.63. The molecule has 0 aliphatic carbocycles. The zero-order chi connectivity index (χ0) is 18.3. The van der Waals surface area contributed by atoms with Crippen LogP contribution in [0.1, 0.15) is 24.4 Å². The van der Waals surface area contributed by atoms with E-state index in [9.17, 15) is 4.79 Å². The maximum atomic E-state index is 12.2. The molecule has 1 atom stereocenters. The predicted molar refractivity (Wildman–Crippen MR) is 103 cm³/mol. The van der Waals surface area contributed by atoms with E-state index in [0.717, 1.165) is 0 Å². The first-order chi connectivity index (χ1) is 12.5. The molecule has 2 aromatic heterocycles. The van der Waals surface area contributed by atoms with Crippen LogP contribution in [0.2, 0.25) is 0 Å². The highest BCUT2D eigenvalue weighted by Crippen LogP contribution is 2.24. The van der Waals surface area contributed by atoms with Gasteiger partial charge in [0.15, 0.2) is 5.65 Å². The normalized spacial score (nSPS) is 12.9. The maximum absolute atomic E-state index is 12.2. The molecule has 26 heavy (non-hydrogen) atoms. The third-order valence-corrected chi connectivity index (χ3v) is 4.97. The van der Waals surface area contributed by atoms with Crippen molar-refractivity contribution in [3.8, 4) is 0 Å². The average molecular weight is 347 g/mol. The maximum Gasteiger partial charge on any atom is 0.262 e. The van der Waals surface area contributed by atoms with Crippen molar-refractivity contribution in [3.63, 3.8) is 0 Å². The molecule has 2 heterocycles.